The molecule has 1 N–H and O–H groups in total. The van der Waals surface area contributed by atoms with E-state index in [1.807, 2.05) is 6.92 Å². The van der Waals surface area contributed by atoms with Crippen LogP contribution in [0.25, 0.3) is 0 Å². The second-order valence-electron chi connectivity index (χ2n) is 3.48. The molecule has 0 aromatic carbocycles. The molecule has 0 spiro atoms. The number of nitrogens with one attached hydrogen (secondary N) is 1. The summed E-state index contributed by atoms with van der Waals surface area (Å²) in [5.41, 5.74) is 0. The molecule has 3 nitrogen and oxygen atoms in total. The minimum absolute atomic E-state index is 0.0475. The number of ether oxygens (including phenoxy) is 1. The molecule has 0 aliphatic rings. The summed E-state index contributed by atoms with van der Waals surface area (Å²) in [6.45, 7) is 7.77. The van der Waals surface area contributed by atoms with Crippen molar-refractivity contribution in [3.8, 4) is 0 Å². The average Bonchev–Trinajstić information content (AvgIpc) is 2.02. The molecule has 0 saturated heterocycles. The summed E-state index contributed by atoms with van der Waals surface area (Å²) in [5, 5.41) is 3.20. The van der Waals surface area contributed by atoms with Crippen LogP contribution in [0, 0.1) is 11.8 Å². The first-order valence-corrected chi connectivity index (χ1v) is 4.36. The first-order valence-electron chi connectivity index (χ1n) is 4.36. The fourth-order valence-corrected chi connectivity index (χ4v) is 0.873. The van der Waals surface area contributed by atoms with Gasteiger partial charge in [-0.25, -0.2) is 0 Å². The van der Waals surface area contributed by atoms with Gasteiger partial charge < -0.3 is 10.1 Å². The van der Waals surface area contributed by atoms with Gasteiger partial charge in [-0.05, 0) is 12.5 Å². The Morgan fingerprint density at radius 2 is 1.92 bits per heavy atom. The van der Waals surface area contributed by atoms with E-state index in [1.54, 1.807) is 0 Å². The summed E-state index contributed by atoms with van der Waals surface area (Å²) in [6.07, 6.45) is 0. The predicted octanol–water partition coefficient (Wildman–Crippen LogP) is 1.04. The second-order valence-corrected chi connectivity index (χ2v) is 3.48. The smallest absolute Gasteiger partial charge is 0.309 e. The maximum Gasteiger partial charge on any atom is 0.309 e. The second kappa shape index (κ2) is 6.00. The summed E-state index contributed by atoms with van der Waals surface area (Å²) in [5.74, 6) is 0.426. The van der Waals surface area contributed by atoms with E-state index in [-0.39, 0.29) is 11.9 Å². The van der Waals surface area contributed by atoms with E-state index in [9.17, 15) is 4.79 Å². The highest BCUT2D eigenvalue weighted by molar-refractivity contribution is 5.71. The molecule has 0 aliphatic carbocycles. The topological polar surface area (TPSA) is 38.3 Å². The number of hydrogen-bond acceptors (Lipinski definition) is 3. The molecular formula is C9H19NO2. The van der Waals surface area contributed by atoms with Crippen LogP contribution in [0.15, 0.2) is 0 Å². The number of carbonyl (C=O) groups is 1. The maximum atomic E-state index is 10.9. The molecular weight excluding hydrogens is 154 g/mol. The third-order valence-electron chi connectivity index (χ3n) is 1.61. The van der Waals surface area contributed by atoms with Gasteiger partial charge in [0.05, 0.1) is 13.0 Å². The average molecular weight is 173 g/mol. The molecule has 12 heavy (non-hydrogen) atoms. The largest absolute Gasteiger partial charge is 0.469 e. The van der Waals surface area contributed by atoms with Crippen LogP contribution in [0.2, 0.25) is 0 Å². The van der Waals surface area contributed by atoms with Crippen molar-refractivity contribution in [1.29, 1.82) is 0 Å². The Balaban J connectivity index is 3.43. The number of rotatable bonds is 5. The normalized spacial score (nSPS) is 13.1. The van der Waals surface area contributed by atoms with Crippen LogP contribution < -0.4 is 5.32 Å². The van der Waals surface area contributed by atoms with E-state index in [4.69, 9.17) is 0 Å². The Morgan fingerprint density at radius 1 is 1.33 bits per heavy atom. The van der Waals surface area contributed by atoms with Crippen molar-refractivity contribution in [1.82, 2.24) is 5.32 Å². The first kappa shape index (κ1) is 11.4. The van der Waals surface area contributed by atoms with Gasteiger partial charge in [0.2, 0.25) is 0 Å². The Bertz CT molecular complexity index is 134. The van der Waals surface area contributed by atoms with Gasteiger partial charge in [-0.3, -0.25) is 4.79 Å². The predicted molar refractivity (Wildman–Crippen MR) is 48.9 cm³/mol. The van der Waals surface area contributed by atoms with Gasteiger partial charge in [-0.1, -0.05) is 20.8 Å². The molecule has 0 aromatic rings. The highest BCUT2D eigenvalue weighted by Gasteiger charge is 2.11. The number of methoxy groups -OCH3 is 1. The molecule has 0 saturated carbocycles. The van der Waals surface area contributed by atoms with Crippen molar-refractivity contribution in [3.63, 3.8) is 0 Å². The molecule has 0 amide bonds. The van der Waals surface area contributed by atoms with E-state index in [2.05, 4.69) is 23.9 Å². The monoisotopic (exact) mass is 173 g/mol. The summed E-state index contributed by atoms with van der Waals surface area (Å²) < 4.78 is 4.59. The summed E-state index contributed by atoms with van der Waals surface area (Å²) in [6, 6.07) is 0. The van der Waals surface area contributed by atoms with Gasteiger partial charge in [-0.2, -0.15) is 0 Å². The molecule has 0 rings (SSSR count). The SMILES string of the molecule is COC(=O)[C@H](C)CNCC(C)C. The molecule has 0 heterocycles. The molecule has 0 fully saturated rings. The van der Waals surface area contributed by atoms with Crippen LogP contribution in [0.4, 0.5) is 0 Å². The van der Waals surface area contributed by atoms with Crippen LogP contribution in [0.5, 0.6) is 0 Å². The molecule has 0 aliphatic heterocycles. The van der Waals surface area contributed by atoms with Crippen LogP contribution in [-0.4, -0.2) is 26.2 Å². The minimum atomic E-state index is -0.147. The van der Waals surface area contributed by atoms with Gasteiger partial charge in [0.25, 0.3) is 0 Å². The zero-order valence-corrected chi connectivity index (χ0v) is 8.39. The van der Waals surface area contributed by atoms with Crippen LogP contribution in [0.3, 0.4) is 0 Å². The van der Waals surface area contributed by atoms with E-state index in [0.29, 0.717) is 12.5 Å². The van der Waals surface area contributed by atoms with Crippen molar-refractivity contribution in [2.24, 2.45) is 11.8 Å². The lowest BCUT2D eigenvalue weighted by atomic mass is 10.1. The van der Waals surface area contributed by atoms with Gasteiger partial charge >= 0.3 is 5.97 Å². The zero-order valence-electron chi connectivity index (χ0n) is 8.39. The van der Waals surface area contributed by atoms with Crippen LogP contribution in [-0.2, 0) is 9.53 Å². The standard InChI is InChI=1S/C9H19NO2/c1-7(2)5-10-6-8(3)9(11)12-4/h7-8,10H,5-6H2,1-4H3/t8-/m1/s1. The fourth-order valence-electron chi connectivity index (χ4n) is 0.873. The third kappa shape index (κ3) is 5.13. The van der Waals surface area contributed by atoms with E-state index >= 15 is 0 Å². The molecule has 0 radical (unpaired) electrons. The lowest BCUT2D eigenvalue weighted by Crippen LogP contribution is -2.29. The zero-order chi connectivity index (χ0) is 9.56. The maximum absolute atomic E-state index is 10.9. The Hall–Kier alpha value is -0.570. The quantitative estimate of drug-likeness (QED) is 0.631. The van der Waals surface area contributed by atoms with Gasteiger partial charge in [-0.15, -0.1) is 0 Å². The van der Waals surface area contributed by atoms with Crippen LogP contribution in [0.1, 0.15) is 20.8 Å². The van der Waals surface area contributed by atoms with Crippen molar-refractivity contribution in [3.05, 3.63) is 0 Å². The van der Waals surface area contributed by atoms with E-state index in [0.717, 1.165) is 6.54 Å². The highest BCUT2D eigenvalue weighted by Crippen LogP contribution is 1.96. The number of esters is 1. The Labute approximate surface area is 74.5 Å². The highest BCUT2D eigenvalue weighted by atomic mass is 16.5. The molecule has 72 valence electrons. The summed E-state index contributed by atoms with van der Waals surface area (Å²) in [7, 11) is 1.42. The van der Waals surface area contributed by atoms with Crippen molar-refractivity contribution < 1.29 is 9.53 Å². The van der Waals surface area contributed by atoms with Gasteiger partial charge in [0.15, 0.2) is 0 Å². The number of hydrogen-bond donors (Lipinski definition) is 1. The van der Waals surface area contributed by atoms with Gasteiger partial charge in [0, 0.05) is 6.54 Å². The number of carbonyl (C=O) groups excluding carboxylic acids is 1. The third-order valence-corrected chi connectivity index (χ3v) is 1.61. The molecule has 0 unspecified atom stereocenters. The molecule has 1 atom stereocenters. The molecule has 0 aromatic heterocycles. The van der Waals surface area contributed by atoms with Crippen molar-refractivity contribution in [2.75, 3.05) is 20.2 Å². The minimum Gasteiger partial charge on any atom is -0.469 e. The Kier molecular flexibility index (Phi) is 5.72. The first-order chi connectivity index (χ1) is 5.57. The summed E-state index contributed by atoms with van der Waals surface area (Å²) >= 11 is 0. The van der Waals surface area contributed by atoms with Gasteiger partial charge in [0.1, 0.15) is 0 Å². The van der Waals surface area contributed by atoms with E-state index in [1.165, 1.54) is 7.11 Å². The van der Waals surface area contributed by atoms with Crippen molar-refractivity contribution in [2.45, 2.75) is 20.8 Å². The van der Waals surface area contributed by atoms with Crippen LogP contribution >= 0.6 is 0 Å². The Morgan fingerprint density at radius 3 is 2.33 bits per heavy atom. The fraction of sp³-hybridized carbons (Fsp3) is 0.889. The summed E-state index contributed by atoms with van der Waals surface area (Å²) in [4.78, 5) is 10.9. The lowest BCUT2D eigenvalue weighted by molar-refractivity contribution is -0.144. The molecule has 3 heteroatoms. The van der Waals surface area contributed by atoms with Crippen molar-refractivity contribution >= 4 is 5.97 Å². The van der Waals surface area contributed by atoms with E-state index < -0.39 is 0 Å². The molecule has 0 bridgehead atoms. The lowest BCUT2D eigenvalue weighted by Gasteiger charge is -2.11.